The third kappa shape index (κ3) is 3.11. The van der Waals surface area contributed by atoms with E-state index in [1.54, 1.807) is 24.4 Å². The Bertz CT molecular complexity index is 884. The largest absolute Gasteiger partial charge is 0.507 e. The Hall–Kier alpha value is -2.62. The maximum Gasteiger partial charge on any atom is 0.271 e. The van der Waals surface area contributed by atoms with Crippen LogP contribution < -0.4 is 5.43 Å². The molecule has 4 fully saturated rings. The fourth-order valence-corrected chi connectivity index (χ4v) is 6.27. The molecule has 0 heterocycles. The fraction of sp³-hybridized carbons (Fsp3) is 0.417. The Kier molecular flexibility index (Phi) is 4.22. The minimum atomic E-state index is -0.256. The van der Waals surface area contributed by atoms with Crippen LogP contribution in [0.15, 0.2) is 53.6 Å². The first-order valence-electron chi connectivity index (χ1n) is 10.3. The molecule has 0 saturated heterocycles. The van der Waals surface area contributed by atoms with Gasteiger partial charge in [0.1, 0.15) is 5.75 Å². The minimum absolute atomic E-state index is 0.200. The Morgan fingerprint density at radius 2 is 1.64 bits per heavy atom. The van der Waals surface area contributed by atoms with Crippen molar-refractivity contribution < 1.29 is 9.90 Å². The molecule has 4 aliphatic carbocycles. The van der Waals surface area contributed by atoms with Crippen LogP contribution in [0.2, 0.25) is 0 Å². The summed E-state index contributed by atoms with van der Waals surface area (Å²) in [5.74, 6) is 2.58. The van der Waals surface area contributed by atoms with Gasteiger partial charge in [0, 0.05) is 11.1 Å². The molecular formula is C24H26N2O2. The number of nitrogens with zero attached hydrogens (tertiary/aromatic N) is 1. The van der Waals surface area contributed by atoms with Crippen LogP contribution in [-0.2, 0) is 5.41 Å². The van der Waals surface area contributed by atoms with Gasteiger partial charge in [-0.1, -0.05) is 24.3 Å². The van der Waals surface area contributed by atoms with Crippen LogP contribution in [0, 0.1) is 17.8 Å². The molecule has 1 amide bonds. The number of rotatable bonds is 4. The number of phenols is 1. The van der Waals surface area contributed by atoms with E-state index in [-0.39, 0.29) is 17.1 Å². The molecule has 6 rings (SSSR count). The summed E-state index contributed by atoms with van der Waals surface area (Å²) in [6.07, 6.45) is 9.65. The van der Waals surface area contributed by atoms with E-state index >= 15 is 0 Å². The number of hydrogen-bond acceptors (Lipinski definition) is 3. The van der Waals surface area contributed by atoms with Crippen molar-refractivity contribution >= 4 is 12.1 Å². The number of carbonyl (C=O) groups is 1. The van der Waals surface area contributed by atoms with Gasteiger partial charge in [-0.15, -0.1) is 0 Å². The van der Waals surface area contributed by atoms with E-state index in [4.69, 9.17) is 0 Å². The van der Waals surface area contributed by atoms with Crippen molar-refractivity contribution in [2.75, 3.05) is 0 Å². The zero-order valence-corrected chi connectivity index (χ0v) is 16.0. The van der Waals surface area contributed by atoms with Gasteiger partial charge in [0.25, 0.3) is 5.91 Å². The Morgan fingerprint density at radius 3 is 2.29 bits per heavy atom. The second kappa shape index (κ2) is 6.77. The fourth-order valence-electron chi connectivity index (χ4n) is 6.27. The molecule has 2 aromatic carbocycles. The van der Waals surface area contributed by atoms with Crippen LogP contribution in [0.5, 0.6) is 5.75 Å². The summed E-state index contributed by atoms with van der Waals surface area (Å²) in [4.78, 5) is 12.1. The van der Waals surface area contributed by atoms with Crippen LogP contribution in [0.1, 0.15) is 60.0 Å². The average Bonchev–Trinajstić information content (AvgIpc) is 2.69. The Morgan fingerprint density at radius 1 is 1.00 bits per heavy atom. The standard InChI is InChI=1S/C24H26N2O2/c27-22-7-6-21(24-12-16-8-17(13-24)10-18(9-16)14-24)11-20(22)15-25-26-23(28)19-4-2-1-3-5-19/h1-7,11,15-18,27H,8-10,12-14H2,(H,26,28)/b25-15+. The number of phenolic OH excluding ortho intramolecular Hbond substituents is 1. The average molecular weight is 374 g/mol. The lowest BCUT2D eigenvalue weighted by molar-refractivity contribution is -0.00520. The zero-order valence-electron chi connectivity index (χ0n) is 16.0. The number of amides is 1. The lowest BCUT2D eigenvalue weighted by Gasteiger charge is -2.57. The summed E-state index contributed by atoms with van der Waals surface area (Å²) < 4.78 is 0. The molecule has 0 spiro atoms. The van der Waals surface area contributed by atoms with Gasteiger partial charge in [0.2, 0.25) is 0 Å². The first-order valence-corrected chi connectivity index (χ1v) is 10.3. The summed E-state index contributed by atoms with van der Waals surface area (Å²) >= 11 is 0. The highest BCUT2D eigenvalue weighted by atomic mass is 16.3. The first kappa shape index (κ1) is 17.5. The van der Waals surface area contributed by atoms with Gasteiger partial charge in [-0.25, -0.2) is 5.43 Å². The molecule has 144 valence electrons. The maximum atomic E-state index is 12.1. The van der Waals surface area contributed by atoms with Crippen molar-refractivity contribution in [3.05, 3.63) is 65.2 Å². The normalized spacial score (nSPS) is 30.6. The van der Waals surface area contributed by atoms with Gasteiger partial charge < -0.3 is 5.11 Å². The lowest BCUT2D eigenvalue weighted by atomic mass is 9.48. The number of carbonyl (C=O) groups excluding carboxylic acids is 1. The van der Waals surface area contributed by atoms with Crippen LogP contribution in [-0.4, -0.2) is 17.2 Å². The topological polar surface area (TPSA) is 61.7 Å². The number of hydrogen-bond donors (Lipinski definition) is 2. The molecule has 4 heteroatoms. The third-order valence-electron chi connectivity index (χ3n) is 7.08. The molecule has 0 aromatic heterocycles. The first-order chi connectivity index (χ1) is 13.6. The summed E-state index contributed by atoms with van der Waals surface area (Å²) in [6, 6.07) is 15.0. The minimum Gasteiger partial charge on any atom is -0.507 e. The van der Waals surface area contributed by atoms with Gasteiger partial charge >= 0.3 is 0 Å². The number of nitrogens with one attached hydrogen (secondary N) is 1. The highest BCUT2D eigenvalue weighted by Crippen LogP contribution is 2.60. The van der Waals surface area contributed by atoms with Crippen molar-refractivity contribution in [3.63, 3.8) is 0 Å². The highest BCUT2D eigenvalue weighted by Gasteiger charge is 2.51. The van der Waals surface area contributed by atoms with Crippen molar-refractivity contribution in [3.8, 4) is 5.75 Å². The monoisotopic (exact) mass is 374 g/mol. The van der Waals surface area contributed by atoms with Crippen molar-refractivity contribution in [1.82, 2.24) is 5.43 Å². The summed E-state index contributed by atoms with van der Waals surface area (Å²) in [7, 11) is 0. The smallest absolute Gasteiger partial charge is 0.271 e. The van der Waals surface area contributed by atoms with Gasteiger partial charge in [0.15, 0.2) is 0 Å². The molecule has 4 bridgehead atoms. The van der Waals surface area contributed by atoms with E-state index in [9.17, 15) is 9.90 Å². The van der Waals surface area contributed by atoms with E-state index in [0.717, 1.165) is 17.8 Å². The van der Waals surface area contributed by atoms with E-state index in [1.807, 2.05) is 18.2 Å². The second-order valence-corrected chi connectivity index (χ2v) is 9.04. The molecule has 4 nitrogen and oxygen atoms in total. The van der Waals surface area contributed by atoms with Crippen LogP contribution in [0.3, 0.4) is 0 Å². The SMILES string of the molecule is O=C(N/N=C/c1cc(C23CC4CC(CC(C4)C2)C3)ccc1O)c1ccccc1. The summed E-state index contributed by atoms with van der Waals surface area (Å²) in [6.45, 7) is 0. The molecule has 2 aromatic rings. The molecule has 0 radical (unpaired) electrons. The van der Waals surface area contributed by atoms with Crippen molar-refractivity contribution in [2.45, 2.75) is 43.9 Å². The lowest BCUT2D eigenvalue weighted by Crippen LogP contribution is -2.48. The summed E-state index contributed by atoms with van der Waals surface area (Å²) in [5.41, 5.74) is 5.39. The van der Waals surface area contributed by atoms with E-state index in [0.29, 0.717) is 11.1 Å². The highest BCUT2D eigenvalue weighted by molar-refractivity contribution is 5.95. The van der Waals surface area contributed by atoms with Gasteiger partial charge in [-0.2, -0.15) is 5.10 Å². The number of aromatic hydroxyl groups is 1. The van der Waals surface area contributed by atoms with Crippen molar-refractivity contribution in [2.24, 2.45) is 22.9 Å². The predicted molar refractivity (Wildman–Crippen MR) is 109 cm³/mol. The molecule has 0 atom stereocenters. The Labute approximate surface area is 165 Å². The number of benzene rings is 2. The maximum absolute atomic E-state index is 12.1. The third-order valence-corrected chi connectivity index (χ3v) is 7.08. The molecule has 4 saturated carbocycles. The van der Waals surface area contributed by atoms with Crippen LogP contribution in [0.4, 0.5) is 0 Å². The molecule has 0 aliphatic heterocycles. The Balaban J connectivity index is 1.36. The quantitative estimate of drug-likeness (QED) is 0.606. The van der Waals surface area contributed by atoms with Crippen LogP contribution >= 0.6 is 0 Å². The molecule has 0 unspecified atom stereocenters. The van der Waals surface area contributed by atoms with E-state index < -0.39 is 0 Å². The predicted octanol–water partition coefficient (Wildman–Crippen LogP) is 4.62. The van der Waals surface area contributed by atoms with Crippen LogP contribution in [0.25, 0.3) is 0 Å². The zero-order chi connectivity index (χ0) is 19.1. The summed E-state index contributed by atoms with van der Waals surface area (Å²) in [5, 5.41) is 14.4. The molecular weight excluding hydrogens is 348 g/mol. The van der Waals surface area contributed by atoms with Crippen molar-refractivity contribution in [1.29, 1.82) is 0 Å². The number of hydrazone groups is 1. The van der Waals surface area contributed by atoms with Gasteiger partial charge in [-0.3, -0.25) is 4.79 Å². The second-order valence-electron chi connectivity index (χ2n) is 9.04. The molecule has 2 N–H and O–H groups in total. The van der Waals surface area contributed by atoms with E-state index in [2.05, 4.69) is 22.7 Å². The van der Waals surface area contributed by atoms with Gasteiger partial charge in [0.05, 0.1) is 6.21 Å². The van der Waals surface area contributed by atoms with E-state index in [1.165, 1.54) is 44.1 Å². The molecule has 4 aliphatic rings. The molecule has 28 heavy (non-hydrogen) atoms. The van der Waals surface area contributed by atoms with Gasteiger partial charge in [-0.05, 0) is 91.5 Å².